The number of ether oxygens (including phenoxy) is 1. The van der Waals surface area contributed by atoms with Crippen LogP contribution in [0, 0.1) is 5.82 Å². The largest absolute Gasteiger partial charge is 0.554 e. The number of fused-ring (bicyclic) bond motifs is 1. The van der Waals surface area contributed by atoms with Gasteiger partial charge in [-0.05, 0) is 11.6 Å². The molecule has 2 rings (SSSR count). The van der Waals surface area contributed by atoms with Crippen molar-refractivity contribution in [3.05, 3.63) is 29.1 Å². The molecule has 0 saturated heterocycles. The van der Waals surface area contributed by atoms with Crippen molar-refractivity contribution in [3.63, 3.8) is 0 Å². The maximum atomic E-state index is 13.4. The Kier molecular flexibility index (Phi) is 3.04. The normalized spacial score (nSPS) is 18.5. The summed E-state index contributed by atoms with van der Waals surface area (Å²) >= 11 is 0. The molecule has 5 nitrogen and oxygen atoms in total. The van der Waals surface area contributed by atoms with Crippen LogP contribution in [-0.2, 0) is 11.2 Å². The minimum absolute atomic E-state index is 0.127. The van der Waals surface area contributed by atoms with E-state index in [1.165, 1.54) is 13.2 Å². The van der Waals surface area contributed by atoms with E-state index in [4.69, 9.17) is 14.5 Å². The number of benzene rings is 1. The SMILES string of the molecule is CO[C@H]1Cc2ccc(F)c(C(=O)O)c2OB1O. The molecule has 0 radical (unpaired) electrons. The van der Waals surface area contributed by atoms with Crippen LogP contribution < -0.4 is 4.65 Å². The Labute approximate surface area is 96.9 Å². The molecule has 0 saturated carbocycles. The quantitative estimate of drug-likeness (QED) is 0.736. The van der Waals surface area contributed by atoms with Gasteiger partial charge in [0, 0.05) is 13.5 Å². The first-order chi connectivity index (χ1) is 8.04. The Hall–Kier alpha value is -1.60. The Bertz CT molecular complexity index is 464. The van der Waals surface area contributed by atoms with Crippen molar-refractivity contribution < 1.29 is 28.7 Å². The number of hydrogen-bond donors (Lipinski definition) is 2. The zero-order valence-electron chi connectivity index (χ0n) is 9.01. The maximum Gasteiger partial charge on any atom is 0.554 e. The molecular weight excluding hydrogens is 230 g/mol. The molecule has 0 fully saturated rings. The average Bonchev–Trinajstić information content (AvgIpc) is 2.27. The molecule has 1 aromatic rings. The zero-order valence-corrected chi connectivity index (χ0v) is 9.01. The minimum Gasteiger partial charge on any atom is -0.534 e. The van der Waals surface area contributed by atoms with Crippen LogP contribution in [0.25, 0.3) is 0 Å². The number of hydrogen-bond acceptors (Lipinski definition) is 4. The Morgan fingerprint density at radius 3 is 2.94 bits per heavy atom. The first-order valence-corrected chi connectivity index (χ1v) is 4.96. The molecule has 0 unspecified atom stereocenters. The third kappa shape index (κ3) is 1.99. The molecule has 1 aliphatic rings. The van der Waals surface area contributed by atoms with Gasteiger partial charge in [-0.1, -0.05) is 6.07 Å². The predicted molar refractivity (Wildman–Crippen MR) is 56.5 cm³/mol. The van der Waals surface area contributed by atoms with Gasteiger partial charge in [0.15, 0.2) is 0 Å². The van der Waals surface area contributed by atoms with Gasteiger partial charge in [-0.25, -0.2) is 9.18 Å². The molecular formula is C10H10BFO5. The highest BCUT2D eigenvalue weighted by molar-refractivity contribution is 6.46. The lowest BCUT2D eigenvalue weighted by atomic mass is 9.74. The topological polar surface area (TPSA) is 76.0 Å². The van der Waals surface area contributed by atoms with E-state index in [0.717, 1.165) is 6.07 Å². The van der Waals surface area contributed by atoms with E-state index >= 15 is 0 Å². The number of carboxylic acids is 1. The van der Waals surface area contributed by atoms with E-state index in [-0.39, 0.29) is 12.2 Å². The summed E-state index contributed by atoms with van der Waals surface area (Å²) in [6, 6.07) is 1.90. The standard InChI is InChI=1S/C10H10BFO5/c1-16-7-4-5-2-3-6(12)8(10(13)14)9(5)17-11(7)15/h2-3,7,15H,4H2,1H3,(H,13,14)/t7-/m0/s1. The van der Waals surface area contributed by atoms with Gasteiger partial charge in [0.25, 0.3) is 0 Å². The number of halogens is 1. The van der Waals surface area contributed by atoms with Gasteiger partial charge in [0.05, 0.1) is 0 Å². The third-order valence-corrected chi connectivity index (χ3v) is 2.68. The van der Waals surface area contributed by atoms with Gasteiger partial charge in [-0.15, -0.1) is 0 Å². The van der Waals surface area contributed by atoms with Gasteiger partial charge in [-0.2, -0.15) is 0 Å². The predicted octanol–water partition coefficient (Wildman–Crippen LogP) is 0.493. The first kappa shape index (κ1) is 11.9. The fourth-order valence-corrected chi connectivity index (χ4v) is 1.81. The van der Waals surface area contributed by atoms with Crippen LogP contribution in [0.1, 0.15) is 15.9 Å². The van der Waals surface area contributed by atoms with Gasteiger partial charge in [-0.3, -0.25) is 0 Å². The second kappa shape index (κ2) is 4.35. The number of rotatable bonds is 2. The highest BCUT2D eigenvalue weighted by atomic mass is 19.1. The van der Waals surface area contributed by atoms with Crippen LogP contribution in [0.3, 0.4) is 0 Å². The van der Waals surface area contributed by atoms with Crippen LogP contribution in [0.2, 0.25) is 0 Å². The van der Waals surface area contributed by atoms with E-state index in [9.17, 15) is 14.2 Å². The molecule has 0 aromatic heterocycles. The van der Waals surface area contributed by atoms with Crippen molar-refractivity contribution in [2.24, 2.45) is 0 Å². The van der Waals surface area contributed by atoms with E-state index in [0.29, 0.717) is 5.56 Å². The molecule has 1 aliphatic heterocycles. The Morgan fingerprint density at radius 1 is 1.65 bits per heavy atom. The van der Waals surface area contributed by atoms with E-state index in [1.807, 2.05) is 0 Å². The molecule has 17 heavy (non-hydrogen) atoms. The summed E-state index contributed by atoms with van der Waals surface area (Å²) in [6.45, 7) is 0. The van der Waals surface area contributed by atoms with Crippen molar-refractivity contribution in [1.82, 2.24) is 0 Å². The summed E-state index contributed by atoms with van der Waals surface area (Å²) in [5, 5.41) is 18.4. The van der Waals surface area contributed by atoms with Gasteiger partial charge >= 0.3 is 13.1 Å². The minimum atomic E-state index is -1.43. The Morgan fingerprint density at radius 2 is 2.35 bits per heavy atom. The molecule has 90 valence electrons. The molecule has 1 atom stereocenters. The van der Waals surface area contributed by atoms with Crippen molar-refractivity contribution in [2.45, 2.75) is 12.4 Å². The summed E-state index contributed by atoms with van der Waals surface area (Å²) in [6.07, 6.45) is 0.271. The van der Waals surface area contributed by atoms with Crippen molar-refractivity contribution in [3.8, 4) is 5.75 Å². The van der Waals surface area contributed by atoms with Crippen molar-refractivity contribution in [2.75, 3.05) is 7.11 Å². The van der Waals surface area contributed by atoms with Crippen molar-refractivity contribution in [1.29, 1.82) is 0 Å². The number of aromatic carboxylic acids is 1. The number of methoxy groups -OCH3 is 1. The molecule has 2 N–H and O–H groups in total. The highest BCUT2D eigenvalue weighted by Crippen LogP contribution is 2.32. The molecule has 0 amide bonds. The van der Waals surface area contributed by atoms with Gasteiger partial charge < -0.3 is 19.5 Å². The van der Waals surface area contributed by atoms with E-state index in [1.54, 1.807) is 0 Å². The van der Waals surface area contributed by atoms with Gasteiger partial charge in [0.2, 0.25) is 0 Å². The Balaban J connectivity index is 2.50. The molecule has 7 heteroatoms. The van der Waals surface area contributed by atoms with Crippen molar-refractivity contribution >= 4 is 13.1 Å². The summed E-state index contributed by atoms with van der Waals surface area (Å²) in [4.78, 5) is 10.9. The average molecular weight is 240 g/mol. The summed E-state index contributed by atoms with van der Waals surface area (Å²) in [5.41, 5.74) is -0.0583. The summed E-state index contributed by atoms with van der Waals surface area (Å²) in [7, 11) is 0.108. The van der Waals surface area contributed by atoms with Gasteiger partial charge in [0.1, 0.15) is 23.1 Å². The maximum absolute atomic E-state index is 13.4. The molecule has 1 aromatic carbocycles. The van der Waals surface area contributed by atoms with Crippen LogP contribution >= 0.6 is 0 Å². The molecule has 0 bridgehead atoms. The van der Waals surface area contributed by atoms with Crippen LogP contribution in [0.5, 0.6) is 5.75 Å². The number of carboxylic acid groups (broad SMARTS) is 1. The third-order valence-electron chi connectivity index (χ3n) is 2.68. The zero-order chi connectivity index (χ0) is 12.6. The lowest BCUT2D eigenvalue weighted by Gasteiger charge is -2.27. The summed E-state index contributed by atoms with van der Waals surface area (Å²) in [5.74, 6) is -2.44. The summed E-state index contributed by atoms with van der Waals surface area (Å²) < 4.78 is 23.4. The molecule has 0 spiro atoms. The fourth-order valence-electron chi connectivity index (χ4n) is 1.81. The second-order valence-corrected chi connectivity index (χ2v) is 3.70. The van der Waals surface area contributed by atoms with E-state index < -0.39 is 30.5 Å². The lowest BCUT2D eigenvalue weighted by molar-refractivity contribution is 0.0686. The molecule has 0 aliphatic carbocycles. The molecule has 1 heterocycles. The smallest absolute Gasteiger partial charge is 0.534 e. The van der Waals surface area contributed by atoms with Crippen LogP contribution in [0.4, 0.5) is 4.39 Å². The van der Waals surface area contributed by atoms with Crippen LogP contribution in [0.15, 0.2) is 12.1 Å². The van der Waals surface area contributed by atoms with Crippen LogP contribution in [-0.4, -0.2) is 36.3 Å². The highest BCUT2D eigenvalue weighted by Gasteiger charge is 2.37. The van der Waals surface area contributed by atoms with E-state index in [2.05, 4.69) is 0 Å². The lowest BCUT2D eigenvalue weighted by Crippen LogP contribution is -2.44. The first-order valence-electron chi connectivity index (χ1n) is 4.96. The second-order valence-electron chi connectivity index (χ2n) is 3.70. The fraction of sp³-hybridized carbons (Fsp3) is 0.300. The number of carbonyl (C=O) groups is 1. The monoisotopic (exact) mass is 240 g/mol.